The maximum absolute atomic E-state index is 10.7. The molecule has 0 saturated carbocycles. The standard InChI is InChI=1S/C13H17NO4/c1-4-9(2)8-18-13-6-5-11(14(16)17)7-12(13)10(3)15/h5-7,10,15H,2,4,8H2,1,3H3/t10-/m0/s1. The van der Waals surface area contributed by atoms with Crippen molar-refractivity contribution in [3.05, 3.63) is 46.0 Å². The minimum absolute atomic E-state index is 0.0624. The van der Waals surface area contributed by atoms with Gasteiger partial charge in [0.25, 0.3) is 5.69 Å². The van der Waals surface area contributed by atoms with Crippen LogP contribution >= 0.6 is 0 Å². The fourth-order valence-corrected chi connectivity index (χ4v) is 1.39. The van der Waals surface area contributed by atoms with E-state index in [1.165, 1.54) is 18.2 Å². The highest BCUT2D eigenvalue weighted by Crippen LogP contribution is 2.29. The SMILES string of the molecule is C=C(CC)COc1ccc([N+](=O)[O-])cc1[C@H](C)O. The molecule has 0 aliphatic carbocycles. The number of nitro benzene ring substituents is 1. The van der Waals surface area contributed by atoms with Gasteiger partial charge >= 0.3 is 0 Å². The van der Waals surface area contributed by atoms with Gasteiger partial charge < -0.3 is 9.84 Å². The van der Waals surface area contributed by atoms with Crippen molar-refractivity contribution < 1.29 is 14.8 Å². The second-order valence-electron chi connectivity index (χ2n) is 4.05. The Labute approximate surface area is 106 Å². The van der Waals surface area contributed by atoms with E-state index in [0.29, 0.717) is 17.9 Å². The minimum Gasteiger partial charge on any atom is -0.489 e. The van der Waals surface area contributed by atoms with E-state index in [1.54, 1.807) is 6.92 Å². The largest absolute Gasteiger partial charge is 0.489 e. The summed E-state index contributed by atoms with van der Waals surface area (Å²) in [5, 5.41) is 20.3. The summed E-state index contributed by atoms with van der Waals surface area (Å²) in [5.74, 6) is 0.449. The molecule has 0 heterocycles. The lowest BCUT2D eigenvalue weighted by atomic mass is 10.1. The Bertz CT molecular complexity index is 454. The van der Waals surface area contributed by atoms with Gasteiger partial charge in [-0.3, -0.25) is 10.1 Å². The zero-order chi connectivity index (χ0) is 13.7. The van der Waals surface area contributed by atoms with Crippen molar-refractivity contribution in [3.8, 4) is 5.75 Å². The Morgan fingerprint density at radius 2 is 2.28 bits per heavy atom. The number of hydrogen-bond donors (Lipinski definition) is 1. The maximum atomic E-state index is 10.7. The highest BCUT2D eigenvalue weighted by molar-refractivity contribution is 5.44. The van der Waals surface area contributed by atoms with Gasteiger partial charge in [0.15, 0.2) is 0 Å². The van der Waals surface area contributed by atoms with Gasteiger partial charge in [-0.1, -0.05) is 13.5 Å². The molecule has 0 bridgehead atoms. The monoisotopic (exact) mass is 251 g/mol. The predicted octanol–water partition coefficient (Wildman–Crippen LogP) is 2.99. The van der Waals surface area contributed by atoms with E-state index in [9.17, 15) is 15.2 Å². The smallest absolute Gasteiger partial charge is 0.270 e. The predicted molar refractivity (Wildman–Crippen MR) is 68.7 cm³/mol. The van der Waals surface area contributed by atoms with Crippen LogP contribution in [0, 0.1) is 10.1 Å². The Balaban J connectivity index is 2.97. The van der Waals surface area contributed by atoms with E-state index in [1.807, 2.05) is 6.92 Å². The molecular weight excluding hydrogens is 234 g/mol. The Morgan fingerprint density at radius 3 is 2.78 bits per heavy atom. The van der Waals surface area contributed by atoms with Crippen LogP contribution in [0.1, 0.15) is 31.9 Å². The molecule has 0 spiro atoms. The third-order valence-corrected chi connectivity index (χ3v) is 2.59. The van der Waals surface area contributed by atoms with E-state index < -0.39 is 11.0 Å². The molecule has 5 heteroatoms. The third-order valence-electron chi connectivity index (χ3n) is 2.59. The van der Waals surface area contributed by atoms with Crippen molar-refractivity contribution in [2.24, 2.45) is 0 Å². The van der Waals surface area contributed by atoms with Crippen LogP contribution in [-0.2, 0) is 0 Å². The third kappa shape index (κ3) is 3.56. The molecule has 1 N–H and O–H groups in total. The lowest BCUT2D eigenvalue weighted by molar-refractivity contribution is -0.385. The first-order valence-corrected chi connectivity index (χ1v) is 5.71. The lowest BCUT2D eigenvalue weighted by Gasteiger charge is -2.13. The summed E-state index contributed by atoms with van der Waals surface area (Å²) in [6.45, 7) is 7.67. The summed E-state index contributed by atoms with van der Waals surface area (Å²) >= 11 is 0. The van der Waals surface area contributed by atoms with Gasteiger partial charge in [0, 0.05) is 17.7 Å². The molecule has 0 aromatic heterocycles. The molecule has 18 heavy (non-hydrogen) atoms. The number of aliphatic hydroxyl groups is 1. The van der Waals surface area contributed by atoms with Gasteiger partial charge in [-0.15, -0.1) is 0 Å². The molecule has 98 valence electrons. The first-order valence-electron chi connectivity index (χ1n) is 5.71. The van der Waals surface area contributed by atoms with E-state index in [4.69, 9.17) is 4.74 Å². The van der Waals surface area contributed by atoms with Crippen LogP contribution in [0.25, 0.3) is 0 Å². The highest BCUT2D eigenvalue weighted by atomic mass is 16.6. The molecule has 0 aliphatic rings. The van der Waals surface area contributed by atoms with Crippen molar-refractivity contribution in [1.29, 1.82) is 0 Å². The molecule has 0 amide bonds. The van der Waals surface area contributed by atoms with Crippen LogP contribution in [0.4, 0.5) is 5.69 Å². The molecule has 0 saturated heterocycles. The first-order chi connectivity index (χ1) is 8.45. The van der Waals surface area contributed by atoms with Gasteiger partial charge in [-0.25, -0.2) is 0 Å². The van der Waals surface area contributed by atoms with Crippen LogP contribution in [0.5, 0.6) is 5.75 Å². The van der Waals surface area contributed by atoms with Crippen molar-refractivity contribution in [3.63, 3.8) is 0 Å². The number of nitrogens with zero attached hydrogens (tertiary/aromatic N) is 1. The van der Waals surface area contributed by atoms with Crippen molar-refractivity contribution in [2.45, 2.75) is 26.4 Å². The number of hydrogen-bond acceptors (Lipinski definition) is 4. The van der Waals surface area contributed by atoms with Crippen molar-refractivity contribution in [2.75, 3.05) is 6.61 Å². The summed E-state index contributed by atoms with van der Waals surface area (Å²) in [7, 11) is 0. The topological polar surface area (TPSA) is 72.6 Å². The normalized spacial score (nSPS) is 11.9. The molecule has 1 atom stereocenters. The summed E-state index contributed by atoms with van der Waals surface area (Å²) in [6, 6.07) is 4.19. The Kier molecular flexibility index (Phi) is 4.85. The number of rotatable bonds is 6. The van der Waals surface area contributed by atoms with E-state index in [2.05, 4.69) is 6.58 Å². The van der Waals surface area contributed by atoms with Gasteiger partial charge in [0.1, 0.15) is 12.4 Å². The summed E-state index contributed by atoms with van der Waals surface area (Å²) in [4.78, 5) is 10.2. The number of ether oxygens (including phenoxy) is 1. The van der Waals surface area contributed by atoms with Crippen LogP contribution in [0.15, 0.2) is 30.4 Å². The fourth-order valence-electron chi connectivity index (χ4n) is 1.39. The molecule has 0 aliphatic heterocycles. The molecule has 0 radical (unpaired) electrons. The first kappa shape index (κ1) is 14.2. The fraction of sp³-hybridized carbons (Fsp3) is 0.385. The van der Waals surface area contributed by atoms with Crippen molar-refractivity contribution in [1.82, 2.24) is 0 Å². The molecule has 0 fully saturated rings. The summed E-state index contributed by atoms with van der Waals surface area (Å²) in [6.07, 6.45) is -0.0217. The molecular formula is C13H17NO4. The number of non-ortho nitro benzene ring substituents is 1. The Hall–Kier alpha value is -1.88. The summed E-state index contributed by atoms with van der Waals surface area (Å²) in [5.41, 5.74) is 1.27. The van der Waals surface area contributed by atoms with Crippen LogP contribution in [-0.4, -0.2) is 16.6 Å². The lowest BCUT2D eigenvalue weighted by Crippen LogP contribution is -2.04. The van der Waals surface area contributed by atoms with Crippen LogP contribution in [0.3, 0.4) is 0 Å². The average Bonchev–Trinajstić information content (AvgIpc) is 2.35. The quantitative estimate of drug-likeness (QED) is 0.479. The van der Waals surface area contributed by atoms with E-state index in [-0.39, 0.29) is 5.69 Å². The zero-order valence-electron chi connectivity index (χ0n) is 10.5. The number of aliphatic hydroxyl groups excluding tert-OH is 1. The molecule has 1 rings (SSSR count). The molecule has 1 aromatic rings. The van der Waals surface area contributed by atoms with E-state index >= 15 is 0 Å². The van der Waals surface area contributed by atoms with Crippen LogP contribution in [0.2, 0.25) is 0 Å². The van der Waals surface area contributed by atoms with Crippen molar-refractivity contribution >= 4 is 5.69 Å². The average molecular weight is 251 g/mol. The van der Waals surface area contributed by atoms with E-state index in [0.717, 1.165) is 12.0 Å². The maximum Gasteiger partial charge on any atom is 0.270 e. The molecule has 5 nitrogen and oxygen atoms in total. The Morgan fingerprint density at radius 1 is 1.61 bits per heavy atom. The minimum atomic E-state index is -0.824. The number of benzene rings is 1. The second-order valence-corrected chi connectivity index (χ2v) is 4.05. The van der Waals surface area contributed by atoms with Gasteiger partial charge in [-0.2, -0.15) is 0 Å². The number of nitro groups is 1. The van der Waals surface area contributed by atoms with Gasteiger partial charge in [-0.05, 0) is 25.0 Å². The van der Waals surface area contributed by atoms with Crippen LogP contribution < -0.4 is 4.74 Å². The van der Waals surface area contributed by atoms with Gasteiger partial charge in [0.05, 0.1) is 11.0 Å². The zero-order valence-corrected chi connectivity index (χ0v) is 10.5. The second kappa shape index (κ2) is 6.16. The molecule has 1 aromatic carbocycles. The van der Waals surface area contributed by atoms with Gasteiger partial charge in [0.2, 0.25) is 0 Å². The highest BCUT2D eigenvalue weighted by Gasteiger charge is 2.15. The summed E-state index contributed by atoms with van der Waals surface area (Å²) < 4.78 is 5.50. The molecule has 0 unspecified atom stereocenters.